The van der Waals surface area contributed by atoms with E-state index >= 15 is 0 Å². The van der Waals surface area contributed by atoms with Gasteiger partial charge in [0.05, 0.1) is 31.3 Å². The first-order chi connectivity index (χ1) is 32.8. The van der Waals surface area contributed by atoms with E-state index in [-0.39, 0.29) is 116 Å². The minimum Gasteiger partial charge on any atom is -0.395 e. The van der Waals surface area contributed by atoms with Gasteiger partial charge < -0.3 is 40.9 Å². The largest absolute Gasteiger partial charge is 0.395 e. The fourth-order valence-corrected chi connectivity index (χ4v) is 8.65. The monoisotopic (exact) mass is 1010 g/mol. The predicted octanol–water partition coefficient (Wildman–Crippen LogP) is 2.53. The fourth-order valence-electron chi connectivity index (χ4n) is 6.72. The van der Waals surface area contributed by atoms with E-state index in [1.165, 1.54) is 53.5 Å². The van der Waals surface area contributed by atoms with Crippen molar-refractivity contribution in [3.05, 3.63) is 124 Å². The van der Waals surface area contributed by atoms with E-state index in [4.69, 9.17) is 0 Å². The normalized spacial score (nSPS) is 12.1. The van der Waals surface area contributed by atoms with Crippen molar-refractivity contribution in [2.45, 2.75) is 34.5 Å². The van der Waals surface area contributed by atoms with Crippen LogP contribution < -0.4 is 20.4 Å². The summed E-state index contributed by atoms with van der Waals surface area (Å²) in [4.78, 5) is 28.2. The summed E-state index contributed by atoms with van der Waals surface area (Å²) in [5, 5.41) is 44.4. The predicted molar refractivity (Wildman–Crippen MR) is 253 cm³/mol. The van der Waals surface area contributed by atoms with Gasteiger partial charge in [0.1, 0.15) is 21.4 Å². The number of aliphatic hydroxyl groups excluding tert-OH is 4. The molecule has 0 fully saturated rings. The van der Waals surface area contributed by atoms with Crippen LogP contribution in [0.4, 0.5) is 35.2 Å². The van der Waals surface area contributed by atoms with Crippen molar-refractivity contribution in [2.75, 3.05) is 73.0 Å². The maximum atomic E-state index is 12.8. The first kappa shape index (κ1) is 51.8. The van der Waals surface area contributed by atoms with Gasteiger partial charge in [0.2, 0.25) is 23.8 Å². The van der Waals surface area contributed by atoms with E-state index < -0.39 is 40.1 Å². The summed E-state index contributed by atoms with van der Waals surface area (Å²) >= 11 is 0. The SMILES string of the molecule is Cc1ccc(Cc2nc(Cc3ccc(/C=C/c4ccc(Nc5nc(Nc6ccc(S(=O)(=O)O)cc6)nc(N(CCO)CCO)n5)cc4S(=O)(=O)O)c(S(=O)(=O)O)c3)nc(N(CCO)CCO)n2)cc1. The lowest BCUT2D eigenvalue weighted by molar-refractivity contribution is 0.279. The molecule has 0 aliphatic carbocycles. The molecule has 0 saturated carbocycles. The van der Waals surface area contributed by atoms with Crippen LogP contribution in [0.15, 0.2) is 99.6 Å². The topological polar surface area (TPSA) is 352 Å². The summed E-state index contributed by atoms with van der Waals surface area (Å²) in [5.74, 6) is 0.414. The molecule has 0 saturated heterocycles. The highest BCUT2D eigenvalue weighted by Gasteiger charge is 2.21. The molecule has 0 aliphatic rings. The van der Waals surface area contributed by atoms with Gasteiger partial charge in [0.25, 0.3) is 30.4 Å². The number of aromatic nitrogens is 6. The average Bonchev–Trinajstić information content (AvgIpc) is 3.28. The number of rotatable bonds is 23. The second kappa shape index (κ2) is 22.7. The Balaban J connectivity index is 1.31. The third-order valence-corrected chi connectivity index (χ3v) is 12.7. The lowest BCUT2D eigenvalue weighted by Gasteiger charge is -2.21. The number of hydrogen-bond donors (Lipinski definition) is 9. The van der Waals surface area contributed by atoms with Crippen LogP contribution in [0.25, 0.3) is 12.2 Å². The van der Waals surface area contributed by atoms with E-state index in [1.54, 1.807) is 11.0 Å². The number of aryl methyl sites for hydroxylation is 1. The van der Waals surface area contributed by atoms with Crippen LogP contribution in [-0.2, 0) is 43.2 Å². The first-order valence-electron chi connectivity index (χ1n) is 20.8. The van der Waals surface area contributed by atoms with Crippen molar-refractivity contribution in [3.63, 3.8) is 0 Å². The van der Waals surface area contributed by atoms with E-state index in [9.17, 15) is 59.3 Å². The van der Waals surface area contributed by atoms with E-state index in [1.807, 2.05) is 31.2 Å². The molecule has 0 atom stereocenters. The molecule has 2 heterocycles. The summed E-state index contributed by atoms with van der Waals surface area (Å²) in [5.41, 5.74) is 2.46. The Morgan fingerprint density at radius 1 is 0.493 bits per heavy atom. The zero-order valence-corrected chi connectivity index (χ0v) is 39.1. The number of nitrogens with one attached hydrogen (secondary N) is 2. The van der Waals surface area contributed by atoms with Gasteiger partial charge in [0, 0.05) is 50.4 Å². The van der Waals surface area contributed by atoms with Crippen molar-refractivity contribution < 1.29 is 59.3 Å². The smallest absolute Gasteiger partial charge is 0.295 e. The van der Waals surface area contributed by atoms with Crippen molar-refractivity contribution >= 4 is 77.7 Å². The van der Waals surface area contributed by atoms with Gasteiger partial charge in [-0.25, -0.2) is 4.98 Å². The maximum Gasteiger partial charge on any atom is 0.295 e. The van der Waals surface area contributed by atoms with E-state index in [2.05, 4.69) is 40.5 Å². The van der Waals surface area contributed by atoms with Gasteiger partial charge in [-0.1, -0.05) is 60.2 Å². The molecule has 6 aromatic rings. The van der Waals surface area contributed by atoms with Crippen LogP contribution in [0.3, 0.4) is 0 Å². The molecule has 0 spiro atoms. The Labute approximate surface area is 397 Å². The van der Waals surface area contributed by atoms with Gasteiger partial charge in [-0.05, 0) is 71.6 Å². The molecule has 26 heteroatoms. The molecule has 0 radical (unpaired) electrons. The molecule has 2 aromatic heterocycles. The summed E-state index contributed by atoms with van der Waals surface area (Å²) in [7, 11) is -14.4. The number of anilines is 6. The lowest BCUT2D eigenvalue weighted by atomic mass is 10.1. The molecular formula is C43H48N10O13S3. The van der Waals surface area contributed by atoms with E-state index in [0.717, 1.165) is 29.3 Å². The third kappa shape index (κ3) is 14.5. The van der Waals surface area contributed by atoms with Crippen molar-refractivity contribution in [1.82, 2.24) is 29.9 Å². The van der Waals surface area contributed by atoms with Crippen molar-refractivity contribution in [1.29, 1.82) is 0 Å². The third-order valence-electron chi connectivity index (χ3n) is 9.98. The standard InChI is InChI=1S/C43H48N10O13S3/c1-28-2-4-29(5-3-28)25-38-46-39(48-42(47-38)52(16-20-54)17-21-55)26-30-6-7-31(36(24-30)68(61,62)63)8-9-32-10-11-34(27-37(32)69(64,65)66)45-41-49-40(50-43(51-41)53(18-22-56)19-23-57)44-33-12-14-35(15-13-33)67(58,59)60/h2-15,24,27,54-57H,16-23,25-26H2,1H3,(H,58,59,60)(H,61,62,63)(H,64,65,66)(H2,44,45,49,50,51)/b9-8+. The highest BCUT2D eigenvalue weighted by Crippen LogP contribution is 2.28. The fraction of sp³-hybridized carbons (Fsp3) is 0.256. The number of nitrogens with zero attached hydrogens (tertiary/aromatic N) is 8. The number of hydrogen-bond acceptors (Lipinski definition) is 20. The van der Waals surface area contributed by atoms with Crippen LogP contribution in [0.5, 0.6) is 0 Å². The van der Waals surface area contributed by atoms with Crippen LogP contribution in [0.1, 0.15) is 39.5 Å². The minimum atomic E-state index is -4.97. The molecule has 4 aromatic carbocycles. The molecule has 0 aliphatic heterocycles. The van der Waals surface area contributed by atoms with Crippen molar-refractivity contribution in [3.8, 4) is 0 Å². The molecule has 9 N–H and O–H groups in total. The van der Waals surface area contributed by atoms with E-state index in [0.29, 0.717) is 17.8 Å². The molecule has 366 valence electrons. The molecule has 0 unspecified atom stereocenters. The first-order valence-corrected chi connectivity index (χ1v) is 25.1. The average molecular weight is 1010 g/mol. The minimum absolute atomic E-state index is 0.0185. The molecule has 6 rings (SSSR count). The number of benzene rings is 4. The summed E-state index contributed by atoms with van der Waals surface area (Å²) in [6, 6.07) is 20.5. The Hall–Kier alpha value is -6.59. The second-order valence-electron chi connectivity index (χ2n) is 15.1. The van der Waals surface area contributed by atoms with Crippen LogP contribution in [-0.4, -0.2) is 142 Å². The highest BCUT2D eigenvalue weighted by molar-refractivity contribution is 7.86. The zero-order chi connectivity index (χ0) is 49.9. The summed E-state index contributed by atoms with van der Waals surface area (Å²) in [6.07, 6.45) is 2.70. The van der Waals surface area contributed by atoms with Crippen LogP contribution in [0, 0.1) is 6.92 Å². The van der Waals surface area contributed by atoms with Crippen molar-refractivity contribution in [2.24, 2.45) is 0 Å². The molecule has 23 nitrogen and oxygen atoms in total. The Bertz CT molecular complexity index is 3120. The quantitative estimate of drug-likeness (QED) is 0.0329. The molecule has 69 heavy (non-hydrogen) atoms. The maximum absolute atomic E-state index is 12.8. The Morgan fingerprint density at radius 2 is 0.928 bits per heavy atom. The van der Waals surface area contributed by atoms with Gasteiger partial charge in [-0.15, -0.1) is 0 Å². The summed E-state index contributed by atoms with van der Waals surface area (Å²) in [6.45, 7) is 0.922. The Kier molecular flexibility index (Phi) is 17.0. The van der Waals surface area contributed by atoms with Gasteiger partial charge >= 0.3 is 0 Å². The highest BCUT2D eigenvalue weighted by atomic mass is 32.2. The Morgan fingerprint density at radius 3 is 1.42 bits per heavy atom. The molecule has 0 amide bonds. The van der Waals surface area contributed by atoms with Gasteiger partial charge in [-0.2, -0.15) is 50.2 Å². The van der Waals surface area contributed by atoms with Gasteiger partial charge in [0.15, 0.2) is 0 Å². The van der Waals surface area contributed by atoms with Crippen LogP contribution in [0.2, 0.25) is 0 Å². The molecule has 0 bridgehead atoms. The molecular weight excluding hydrogens is 961 g/mol. The lowest BCUT2D eigenvalue weighted by Crippen LogP contribution is -2.32. The van der Waals surface area contributed by atoms with Crippen LogP contribution >= 0.6 is 0 Å². The zero-order valence-electron chi connectivity index (χ0n) is 36.7. The number of aliphatic hydroxyl groups is 4. The second-order valence-corrected chi connectivity index (χ2v) is 19.3. The van der Waals surface area contributed by atoms with Gasteiger partial charge in [-0.3, -0.25) is 13.7 Å². The summed E-state index contributed by atoms with van der Waals surface area (Å²) < 4.78 is 104.